The molecule has 2 aromatic carbocycles. The Bertz CT molecular complexity index is 1150. The monoisotopic (exact) mass is 447 g/mol. The molecule has 0 unspecified atom stereocenters. The average Bonchev–Trinajstić information content (AvgIpc) is 3.51. The van der Waals surface area contributed by atoms with E-state index >= 15 is 0 Å². The molecule has 0 spiro atoms. The van der Waals surface area contributed by atoms with Gasteiger partial charge in [-0.2, -0.15) is 5.01 Å². The topological polar surface area (TPSA) is 118 Å². The quantitative estimate of drug-likeness (QED) is 0.291. The molecule has 2 bridgehead atoms. The maximum absolute atomic E-state index is 13.5. The van der Waals surface area contributed by atoms with Crippen molar-refractivity contribution in [1.82, 2.24) is 10.0 Å². The van der Waals surface area contributed by atoms with Gasteiger partial charge in [-0.15, -0.1) is 0 Å². The fraction of sp³-hybridized carbons (Fsp3) is 0.333. The standard InChI is InChI=1S/C24H21N3O6/c28-19(14-5-2-1-3-6-14)13-25(22(29)17-7-4-8-18(12-17)27(32)33)26-23(30)20-15-9-10-16(11-15)21(20)24(26)31/h1-8,12,15-16,20-21H,9-11,13H2/t15-,16-,20+,21+/m0/s1. The fourth-order valence-electron chi connectivity index (χ4n) is 5.62. The fourth-order valence-corrected chi connectivity index (χ4v) is 5.62. The Hall–Kier alpha value is -3.88. The minimum absolute atomic E-state index is 0.0781. The van der Waals surface area contributed by atoms with Crippen molar-refractivity contribution in [3.8, 4) is 0 Å². The number of hydrogen-bond donors (Lipinski definition) is 0. The highest BCUT2D eigenvalue weighted by Gasteiger charge is 2.62. The molecular weight excluding hydrogens is 426 g/mol. The molecule has 5 rings (SSSR count). The zero-order chi connectivity index (χ0) is 23.3. The van der Waals surface area contributed by atoms with Crippen LogP contribution in [0.15, 0.2) is 54.6 Å². The highest BCUT2D eigenvalue weighted by atomic mass is 16.6. The zero-order valence-corrected chi connectivity index (χ0v) is 17.6. The summed E-state index contributed by atoms with van der Waals surface area (Å²) in [5.74, 6) is -2.89. The van der Waals surface area contributed by atoms with Crippen molar-refractivity contribution in [2.24, 2.45) is 23.7 Å². The minimum Gasteiger partial charge on any atom is -0.292 e. The SMILES string of the molecule is O=C(CN(C(=O)c1cccc([N+](=O)[O-])c1)N1C(=O)[C@@H]2[C@H]3CC[C@@H](C3)[C@H]2C1=O)c1ccccc1. The van der Waals surface area contributed by atoms with E-state index in [-0.39, 0.29) is 23.1 Å². The smallest absolute Gasteiger partial charge is 0.273 e. The highest BCUT2D eigenvalue weighted by Crippen LogP contribution is 2.56. The zero-order valence-electron chi connectivity index (χ0n) is 17.6. The van der Waals surface area contributed by atoms with Crippen LogP contribution in [0.25, 0.3) is 0 Å². The maximum Gasteiger partial charge on any atom is 0.273 e. The molecule has 3 amide bonds. The van der Waals surface area contributed by atoms with Gasteiger partial charge >= 0.3 is 0 Å². The van der Waals surface area contributed by atoms with Crippen LogP contribution in [0.5, 0.6) is 0 Å². The van der Waals surface area contributed by atoms with Crippen molar-refractivity contribution in [2.75, 3.05) is 6.54 Å². The Labute approximate surface area is 189 Å². The molecule has 2 aromatic rings. The first-order chi connectivity index (χ1) is 15.9. The Balaban J connectivity index is 1.52. The van der Waals surface area contributed by atoms with Crippen LogP contribution in [-0.4, -0.2) is 45.0 Å². The molecule has 2 aliphatic carbocycles. The second-order valence-electron chi connectivity index (χ2n) is 8.83. The molecule has 1 saturated heterocycles. The van der Waals surface area contributed by atoms with Crippen molar-refractivity contribution in [2.45, 2.75) is 19.3 Å². The molecular formula is C24H21N3O6. The van der Waals surface area contributed by atoms with Gasteiger partial charge in [-0.3, -0.25) is 29.3 Å². The van der Waals surface area contributed by atoms with Crippen LogP contribution in [0, 0.1) is 33.8 Å². The Morgan fingerprint density at radius 1 is 0.939 bits per heavy atom. The van der Waals surface area contributed by atoms with Gasteiger partial charge in [0, 0.05) is 23.3 Å². The van der Waals surface area contributed by atoms with E-state index in [1.54, 1.807) is 30.3 Å². The molecule has 0 aromatic heterocycles. The number of amides is 3. The van der Waals surface area contributed by atoms with Gasteiger partial charge in [0.25, 0.3) is 23.4 Å². The molecule has 0 radical (unpaired) electrons. The third-order valence-electron chi connectivity index (χ3n) is 7.07. The summed E-state index contributed by atoms with van der Waals surface area (Å²) in [7, 11) is 0. The number of benzene rings is 2. The minimum atomic E-state index is -0.808. The Morgan fingerprint density at radius 2 is 1.55 bits per heavy atom. The van der Waals surface area contributed by atoms with Crippen LogP contribution in [-0.2, 0) is 9.59 Å². The average molecular weight is 447 g/mol. The lowest BCUT2D eigenvalue weighted by Crippen LogP contribution is -2.52. The molecule has 4 atom stereocenters. The molecule has 1 aliphatic heterocycles. The van der Waals surface area contributed by atoms with E-state index in [1.807, 2.05) is 0 Å². The van der Waals surface area contributed by atoms with E-state index in [0.29, 0.717) is 5.56 Å². The number of nitro groups is 1. The van der Waals surface area contributed by atoms with Crippen molar-refractivity contribution < 1.29 is 24.1 Å². The normalized spacial score (nSPS) is 25.3. The van der Waals surface area contributed by atoms with E-state index in [0.717, 1.165) is 35.3 Å². The number of carbonyl (C=O) groups is 4. The van der Waals surface area contributed by atoms with Gasteiger partial charge < -0.3 is 0 Å². The summed E-state index contributed by atoms with van der Waals surface area (Å²) in [5.41, 5.74) is -0.0523. The summed E-state index contributed by atoms with van der Waals surface area (Å²) in [5, 5.41) is 12.9. The van der Waals surface area contributed by atoms with Crippen LogP contribution < -0.4 is 0 Å². The maximum atomic E-state index is 13.5. The third-order valence-corrected chi connectivity index (χ3v) is 7.07. The van der Waals surface area contributed by atoms with Gasteiger partial charge in [-0.05, 0) is 37.2 Å². The predicted octanol–water partition coefficient (Wildman–Crippen LogP) is 2.87. The van der Waals surface area contributed by atoms with Crippen LogP contribution in [0.2, 0.25) is 0 Å². The van der Waals surface area contributed by atoms with Crippen molar-refractivity contribution >= 4 is 29.2 Å². The molecule has 9 nitrogen and oxygen atoms in total. The molecule has 2 saturated carbocycles. The number of nitrogens with zero attached hydrogens (tertiary/aromatic N) is 3. The molecule has 3 aliphatic rings. The lowest BCUT2D eigenvalue weighted by atomic mass is 9.81. The number of carbonyl (C=O) groups excluding carboxylic acids is 4. The summed E-state index contributed by atoms with van der Waals surface area (Å²) < 4.78 is 0. The molecule has 3 fully saturated rings. The second kappa shape index (κ2) is 7.91. The number of fused-ring (bicyclic) bond motifs is 5. The number of Topliss-reactive ketones (excluding diaryl/α,β-unsaturated/α-hetero) is 1. The Kier molecular flexibility index (Phi) is 5.03. The van der Waals surface area contributed by atoms with Crippen molar-refractivity contribution in [3.63, 3.8) is 0 Å². The number of nitro benzene ring substituents is 1. The lowest BCUT2D eigenvalue weighted by Gasteiger charge is -2.30. The van der Waals surface area contributed by atoms with Gasteiger partial charge in [0.2, 0.25) is 0 Å². The number of hydrogen-bond acceptors (Lipinski definition) is 6. The number of ketones is 1. The van der Waals surface area contributed by atoms with Gasteiger partial charge in [-0.1, -0.05) is 36.4 Å². The van der Waals surface area contributed by atoms with Gasteiger partial charge in [-0.25, -0.2) is 5.01 Å². The molecule has 33 heavy (non-hydrogen) atoms. The predicted molar refractivity (Wildman–Crippen MR) is 115 cm³/mol. The van der Waals surface area contributed by atoms with E-state index in [2.05, 4.69) is 0 Å². The summed E-state index contributed by atoms with van der Waals surface area (Å²) in [6.45, 7) is -0.530. The first kappa shape index (κ1) is 21.0. The highest BCUT2D eigenvalue weighted by molar-refractivity contribution is 6.10. The number of rotatable bonds is 6. The number of non-ortho nitro benzene ring substituents is 1. The largest absolute Gasteiger partial charge is 0.292 e. The van der Waals surface area contributed by atoms with E-state index in [4.69, 9.17) is 0 Å². The molecule has 0 N–H and O–H groups in total. The summed E-state index contributed by atoms with van der Waals surface area (Å²) >= 11 is 0. The van der Waals surface area contributed by atoms with E-state index in [1.165, 1.54) is 18.2 Å². The van der Waals surface area contributed by atoms with Crippen LogP contribution >= 0.6 is 0 Å². The number of hydrazine groups is 1. The van der Waals surface area contributed by atoms with E-state index < -0.39 is 46.8 Å². The molecule has 1 heterocycles. The van der Waals surface area contributed by atoms with Gasteiger partial charge in [0.1, 0.15) is 6.54 Å². The van der Waals surface area contributed by atoms with Gasteiger partial charge in [0.05, 0.1) is 16.8 Å². The van der Waals surface area contributed by atoms with Crippen molar-refractivity contribution in [1.29, 1.82) is 0 Å². The first-order valence-electron chi connectivity index (χ1n) is 10.9. The third kappa shape index (κ3) is 3.40. The molecule has 168 valence electrons. The van der Waals surface area contributed by atoms with Crippen molar-refractivity contribution in [3.05, 3.63) is 75.8 Å². The van der Waals surface area contributed by atoms with Crippen LogP contribution in [0.1, 0.15) is 40.0 Å². The molecule has 9 heteroatoms. The van der Waals surface area contributed by atoms with E-state index in [9.17, 15) is 29.3 Å². The summed E-state index contributed by atoms with van der Waals surface area (Å²) in [6.07, 6.45) is 2.59. The Morgan fingerprint density at radius 3 is 2.15 bits per heavy atom. The second-order valence-corrected chi connectivity index (χ2v) is 8.83. The number of imide groups is 1. The van der Waals surface area contributed by atoms with Crippen LogP contribution in [0.3, 0.4) is 0 Å². The van der Waals surface area contributed by atoms with Crippen LogP contribution in [0.4, 0.5) is 5.69 Å². The lowest BCUT2D eigenvalue weighted by molar-refractivity contribution is -0.384. The first-order valence-corrected chi connectivity index (χ1v) is 10.9. The van der Waals surface area contributed by atoms with Gasteiger partial charge in [0.15, 0.2) is 5.78 Å². The summed E-state index contributed by atoms with van der Waals surface area (Å²) in [6, 6.07) is 13.3. The summed E-state index contributed by atoms with van der Waals surface area (Å²) in [4.78, 5) is 63.7.